The maximum absolute atomic E-state index is 11.8. The first-order chi connectivity index (χ1) is 14.9. The number of hydrogen-bond acceptors (Lipinski definition) is 5. The van der Waals surface area contributed by atoms with E-state index in [9.17, 15) is 4.79 Å². The molecule has 2 rings (SSSR count). The van der Waals surface area contributed by atoms with E-state index in [2.05, 4.69) is 57.9 Å². The molecule has 1 aromatic rings. The summed E-state index contributed by atoms with van der Waals surface area (Å²) in [6.07, 6.45) is 3.12. The van der Waals surface area contributed by atoms with Crippen molar-refractivity contribution in [1.82, 2.24) is 10.2 Å². The van der Waals surface area contributed by atoms with E-state index in [0.29, 0.717) is 36.0 Å². The van der Waals surface area contributed by atoms with E-state index in [0.717, 1.165) is 11.3 Å². The van der Waals surface area contributed by atoms with E-state index < -0.39 is 0 Å². The Kier molecular flexibility index (Phi) is 10.3. The van der Waals surface area contributed by atoms with Crippen LogP contribution in [-0.2, 0) is 11.3 Å². The van der Waals surface area contributed by atoms with Crippen molar-refractivity contribution < 1.29 is 4.79 Å². The summed E-state index contributed by atoms with van der Waals surface area (Å²) in [6, 6.07) is 8.64. The predicted octanol–water partition coefficient (Wildman–Crippen LogP) is 4.74. The topological polar surface area (TPSA) is 69.4 Å². The van der Waals surface area contributed by atoms with Gasteiger partial charge in [0.1, 0.15) is 11.7 Å². The number of thioether (sulfide) groups is 1. The van der Waals surface area contributed by atoms with Gasteiger partial charge in [-0.15, -0.1) is 23.4 Å². The number of carbonyl (C=O) groups is 1. The summed E-state index contributed by atoms with van der Waals surface area (Å²) in [7, 11) is 1.98. The highest BCUT2D eigenvalue weighted by atomic mass is 35.5. The maximum Gasteiger partial charge on any atom is 0.185 e. The van der Waals surface area contributed by atoms with E-state index in [1.807, 2.05) is 19.2 Å². The minimum Gasteiger partial charge on any atom is -0.363 e. The van der Waals surface area contributed by atoms with Gasteiger partial charge in [0.2, 0.25) is 0 Å². The smallest absolute Gasteiger partial charge is 0.185 e. The molecule has 1 aromatic carbocycles. The Labute approximate surface area is 195 Å². The van der Waals surface area contributed by atoms with Crippen molar-refractivity contribution in [2.45, 2.75) is 51.1 Å². The van der Waals surface area contributed by atoms with Crippen LogP contribution in [0.25, 0.3) is 0 Å². The summed E-state index contributed by atoms with van der Waals surface area (Å²) in [4.78, 5) is 28.2. The van der Waals surface area contributed by atoms with Gasteiger partial charge in [0.25, 0.3) is 0 Å². The molecule has 168 valence electrons. The van der Waals surface area contributed by atoms with Gasteiger partial charge in [-0.2, -0.15) is 0 Å². The number of nitrogens with one attached hydrogen (secondary N) is 1. The molecule has 0 heterocycles. The second-order valence-electron chi connectivity index (χ2n) is 7.43. The van der Waals surface area contributed by atoms with Crippen LogP contribution in [0, 0.1) is 5.92 Å². The van der Waals surface area contributed by atoms with Crippen LogP contribution < -0.4 is 5.32 Å². The molecule has 0 radical (unpaired) electrons. The maximum atomic E-state index is 11.8. The predicted molar refractivity (Wildman–Crippen MR) is 134 cm³/mol. The van der Waals surface area contributed by atoms with E-state index in [1.165, 1.54) is 17.7 Å². The van der Waals surface area contributed by atoms with Crippen molar-refractivity contribution in [2.24, 2.45) is 20.9 Å². The monoisotopic (exact) mass is 461 g/mol. The summed E-state index contributed by atoms with van der Waals surface area (Å²) in [5.74, 6) is 2.48. The molecule has 8 heteroatoms. The third-order valence-corrected chi connectivity index (χ3v) is 6.32. The number of rotatable bonds is 11. The van der Waals surface area contributed by atoms with Crippen LogP contribution in [0.2, 0.25) is 0 Å². The van der Waals surface area contributed by atoms with Crippen molar-refractivity contribution >= 4 is 48.0 Å². The Morgan fingerprint density at radius 1 is 1.39 bits per heavy atom. The summed E-state index contributed by atoms with van der Waals surface area (Å²) in [6.45, 7) is 10.2. The standard InChI is InChI=1S/C23H32ClN5OS/c1-6-31-20-11-7-18(8-12-20)13-26-21(14-30)28-22(16(2)25-4)23(27-15-24)29(5)17(3)19-9-10-19/h7-8,11-12,14,17,19H,4,6,9-10,13,15H2,1-3,5H3,(H,26,28)/b22-16+,27-23+. The SMILES string of the molecule is C=N/C(C)=C(/N=C(\C=O)NCc1ccc(SCC)cc1)C(=N/CCl)\N(C)C(C)C1CC1. The molecule has 1 fully saturated rings. The molecular weight excluding hydrogens is 430 g/mol. The van der Waals surface area contributed by atoms with E-state index in [4.69, 9.17) is 11.6 Å². The van der Waals surface area contributed by atoms with Gasteiger partial charge in [0.15, 0.2) is 18.0 Å². The second-order valence-corrected chi connectivity index (χ2v) is 9.00. The van der Waals surface area contributed by atoms with Crippen molar-refractivity contribution in [3.63, 3.8) is 0 Å². The molecule has 0 spiro atoms. The number of nitrogens with zero attached hydrogens (tertiary/aromatic N) is 4. The van der Waals surface area contributed by atoms with Crippen LogP contribution in [0.5, 0.6) is 0 Å². The Morgan fingerprint density at radius 3 is 2.58 bits per heavy atom. The van der Waals surface area contributed by atoms with Gasteiger partial charge in [-0.1, -0.05) is 19.1 Å². The number of benzene rings is 1. The van der Waals surface area contributed by atoms with Gasteiger partial charge in [0.05, 0.1) is 5.70 Å². The quantitative estimate of drug-likeness (QED) is 0.129. The molecule has 1 unspecified atom stereocenters. The highest BCUT2D eigenvalue weighted by Crippen LogP contribution is 2.35. The van der Waals surface area contributed by atoms with Crippen molar-refractivity contribution in [3.8, 4) is 0 Å². The fraction of sp³-hybridized carbons (Fsp3) is 0.478. The Hall–Kier alpha value is -2.12. The summed E-state index contributed by atoms with van der Waals surface area (Å²) in [5, 5.41) is 3.12. The molecule has 6 nitrogen and oxygen atoms in total. The Morgan fingerprint density at radius 2 is 2.06 bits per heavy atom. The zero-order valence-corrected chi connectivity index (χ0v) is 20.3. The number of likely N-dealkylation sites (N-methyl/N-ethyl adjacent to an activating group) is 1. The third kappa shape index (κ3) is 7.51. The van der Waals surface area contributed by atoms with Crippen LogP contribution in [0.4, 0.5) is 0 Å². The van der Waals surface area contributed by atoms with Gasteiger partial charge in [-0.3, -0.25) is 14.8 Å². The number of carbonyl (C=O) groups excluding carboxylic acids is 1. The number of hydrogen-bond donors (Lipinski definition) is 1. The van der Waals surface area contributed by atoms with E-state index >= 15 is 0 Å². The molecular formula is C23H32ClN5OS. The Balaban J connectivity index is 2.25. The van der Waals surface area contributed by atoms with Gasteiger partial charge in [0, 0.05) is 24.5 Å². The van der Waals surface area contributed by atoms with Gasteiger partial charge in [-0.25, -0.2) is 4.99 Å². The number of aliphatic imine (C=N–C) groups is 3. The molecule has 0 amide bonds. The third-order valence-electron chi connectivity index (χ3n) is 5.30. The van der Waals surface area contributed by atoms with Gasteiger partial charge in [-0.05, 0) is 62.8 Å². The van der Waals surface area contributed by atoms with E-state index in [-0.39, 0.29) is 17.9 Å². The lowest BCUT2D eigenvalue weighted by Crippen LogP contribution is -2.38. The number of amidine groups is 2. The van der Waals surface area contributed by atoms with Crippen molar-refractivity contribution in [2.75, 3.05) is 18.8 Å². The van der Waals surface area contributed by atoms with Crippen LogP contribution in [0.3, 0.4) is 0 Å². The first-order valence-electron chi connectivity index (χ1n) is 10.5. The lowest BCUT2D eigenvalue weighted by atomic mass is 10.1. The minimum atomic E-state index is 0.0898. The van der Waals surface area contributed by atoms with Crippen LogP contribution in [0.15, 0.2) is 55.5 Å². The minimum absolute atomic E-state index is 0.0898. The van der Waals surface area contributed by atoms with Crippen molar-refractivity contribution in [3.05, 3.63) is 41.2 Å². The lowest BCUT2D eigenvalue weighted by Gasteiger charge is -2.29. The average Bonchev–Trinajstić information content (AvgIpc) is 3.63. The number of halogens is 1. The molecule has 1 aliphatic rings. The molecule has 0 saturated heterocycles. The van der Waals surface area contributed by atoms with Crippen LogP contribution in [0.1, 0.15) is 39.2 Å². The second kappa shape index (κ2) is 12.7. The number of allylic oxidation sites excluding steroid dienone is 1. The lowest BCUT2D eigenvalue weighted by molar-refractivity contribution is -0.102. The number of aldehydes is 1. The summed E-state index contributed by atoms with van der Waals surface area (Å²) in [5.41, 5.74) is 2.14. The summed E-state index contributed by atoms with van der Waals surface area (Å²) < 4.78 is 0. The molecule has 1 atom stereocenters. The van der Waals surface area contributed by atoms with Gasteiger partial charge < -0.3 is 10.2 Å². The van der Waals surface area contributed by atoms with E-state index in [1.54, 1.807) is 18.7 Å². The summed E-state index contributed by atoms with van der Waals surface area (Å²) >= 11 is 7.76. The van der Waals surface area contributed by atoms with Crippen LogP contribution >= 0.6 is 23.4 Å². The van der Waals surface area contributed by atoms with Gasteiger partial charge >= 0.3 is 0 Å². The fourth-order valence-electron chi connectivity index (χ4n) is 3.16. The number of alkyl halides is 1. The highest BCUT2D eigenvalue weighted by molar-refractivity contribution is 7.99. The molecule has 1 saturated carbocycles. The zero-order chi connectivity index (χ0) is 22.8. The first kappa shape index (κ1) is 25.1. The first-order valence-corrected chi connectivity index (χ1v) is 12.0. The van der Waals surface area contributed by atoms with Crippen LogP contribution in [-0.4, -0.2) is 54.4 Å². The zero-order valence-electron chi connectivity index (χ0n) is 18.8. The normalized spacial score (nSPS) is 16.4. The molecule has 31 heavy (non-hydrogen) atoms. The molecule has 0 aromatic heterocycles. The largest absolute Gasteiger partial charge is 0.363 e. The molecule has 0 bridgehead atoms. The molecule has 1 N–H and O–H groups in total. The fourth-order valence-corrected chi connectivity index (χ4v) is 3.93. The highest BCUT2D eigenvalue weighted by Gasteiger charge is 2.33. The molecule has 0 aliphatic heterocycles. The van der Waals surface area contributed by atoms with Crippen molar-refractivity contribution in [1.29, 1.82) is 0 Å². The Bertz CT molecular complexity index is 846. The molecule has 1 aliphatic carbocycles. The average molecular weight is 462 g/mol.